The molecule has 1 amide bonds. The quantitative estimate of drug-likeness (QED) is 0.853. The molecule has 1 rings (SSSR count). The molecule has 1 unspecified atom stereocenters. The molecule has 0 aliphatic heterocycles. The smallest absolute Gasteiger partial charge is 0.407 e. The first-order valence-electron chi connectivity index (χ1n) is 5.71. The van der Waals surface area contributed by atoms with Crippen molar-refractivity contribution in [2.75, 3.05) is 6.54 Å². The molecule has 0 saturated heterocycles. The minimum atomic E-state index is -0.535. The number of ketones is 1. The highest BCUT2D eigenvalue weighted by Gasteiger charge is 2.20. The van der Waals surface area contributed by atoms with Crippen molar-refractivity contribution in [3.8, 4) is 0 Å². The topological polar surface area (TPSA) is 68.3 Å². The average Bonchev–Trinajstić information content (AvgIpc) is 2.75. The monoisotopic (exact) mass is 270 g/mol. The highest BCUT2D eigenvalue weighted by Crippen LogP contribution is 2.09. The van der Waals surface area contributed by atoms with Gasteiger partial charge >= 0.3 is 6.09 Å². The van der Waals surface area contributed by atoms with Crippen molar-refractivity contribution >= 4 is 23.4 Å². The molecular formula is C12H18N2O3S. The Labute approximate surface area is 111 Å². The second kappa shape index (κ2) is 5.95. The SMILES string of the molecule is CC(CNC(=O)OC(C)(C)C)C(=O)c1ccsn1. The van der Waals surface area contributed by atoms with Crippen molar-refractivity contribution in [3.05, 3.63) is 17.1 Å². The molecule has 5 nitrogen and oxygen atoms in total. The molecule has 1 N–H and O–H groups in total. The van der Waals surface area contributed by atoms with E-state index in [-0.39, 0.29) is 18.2 Å². The van der Waals surface area contributed by atoms with E-state index in [0.29, 0.717) is 5.69 Å². The lowest BCUT2D eigenvalue weighted by atomic mass is 10.0. The molecule has 0 spiro atoms. The van der Waals surface area contributed by atoms with Gasteiger partial charge in [-0.15, -0.1) is 0 Å². The summed E-state index contributed by atoms with van der Waals surface area (Å²) >= 11 is 1.23. The van der Waals surface area contributed by atoms with Gasteiger partial charge in [0.1, 0.15) is 11.3 Å². The molecule has 1 atom stereocenters. The predicted molar refractivity (Wildman–Crippen MR) is 69.8 cm³/mol. The van der Waals surface area contributed by atoms with Gasteiger partial charge in [-0.2, -0.15) is 4.37 Å². The van der Waals surface area contributed by atoms with E-state index in [0.717, 1.165) is 0 Å². The molecule has 0 bridgehead atoms. The zero-order valence-electron chi connectivity index (χ0n) is 11.0. The second-order valence-electron chi connectivity index (χ2n) is 5.03. The van der Waals surface area contributed by atoms with Gasteiger partial charge < -0.3 is 10.1 Å². The van der Waals surface area contributed by atoms with Gasteiger partial charge in [0.05, 0.1) is 0 Å². The number of nitrogens with zero attached hydrogens (tertiary/aromatic N) is 1. The van der Waals surface area contributed by atoms with Gasteiger partial charge in [0.25, 0.3) is 0 Å². The molecule has 0 fully saturated rings. The van der Waals surface area contributed by atoms with Crippen LogP contribution in [0, 0.1) is 5.92 Å². The van der Waals surface area contributed by atoms with E-state index < -0.39 is 11.7 Å². The molecule has 0 radical (unpaired) electrons. The van der Waals surface area contributed by atoms with Gasteiger partial charge in [-0.1, -0.05) is 6.92 Å². The fourth-order valence-corrected chi connectivity index (χ4v) is 1.75. The number of aromatic nitrogens is 1. The van der Waals surface area contributed by atoms with E-state index in [9.17, 15) is 9.59 Å². The number of hydrogen-bond donors (Lipinski definition) is 1. The summed E-state index contributed by atoms with van der Waals surface area (Å²) in [5, 5.41) is 4.33. The lowest BCUT2D eigenvalue weighted by molar-refractivity contribution is 0.0520. The first kappa shape index (κ1) is 14.6. The van der Waals surface area contributed by atoms with Crippen LogP contribution in [0.15, 0.2) is 11.4 Å². The summed E-state index contributed by atoms with van der Waals surface area (Å²) < 4.78 is 9.06. The second-order valence-corrected chi connectivity index (χ2v) is 5.70. The highest BCUT2D eigenvalue weighted by molar-refractivity contribution is 7.03. The molecule has 1 aromatic rings. The first-order chi connectivity index (χ1) is 8.29. The lowest BCUT2D eigenvalue weighted by Crippen LogP contribution is -2.36. The van der Waals surface area contributed by atoms with Crippen molar-refractivity contribution in [2.45, 2.75) is 33.3 Å². The number of ether oxygens (including phenoxy) is 1. The standard InChI is InChI=1S/C12H18N2O3S/c1-8(10(15)9-5-6-18-14-9)7-13-11(16)17-12(2,3)4/h5-6,8H,7H2,1-4H3,(H,13,16). The van der Waals surface area contributed by atoms with Crippen LogP contribution < -0.4 is 5.32 Å². The summed E-state index contributed by atoms with van der Waals surface area (Å²) in [4.78, 5) is 23.3. The Morgan fingerprint density at radius 1 is 1.50 bits per heavy atom. The number of nitrogens with one attached hydrogen (secondary N) is 1. The molecule has 18 heavy (non-hydrogen) atoms. The van der Waals surface area contributed by atoms with E-state index in [1.165, 1.54) is 11.5 Å². The lowest BCUT2D eigenvalue weighted by Gasteiger charge is -2.20. The number of carbonyl (C=O) groups excluding carboxylic acids is 2. The number of alkyl carbamates (subject to hydrolysis) is 1. The number of amides is 1. The van der Waals surface area contributed by atoms with Crippen LogP contribution in [0.4, 0.5) is 4.79 Å². The van der Waals surface area contributed by atoms with Gasteiger partial charge in [0.15, 0.2) is 5.78 Å². The van der Waals surface area contributed by atoms with E-state index in [1.807, 2.05) is 0 Å². The van der Waals surface area contributed by atoms with E-state index in [4.69, 9.17) is 4.74 Å². The molecule has 100 valence electrons. The van der Waals surface area contributed by atoms with Crippen LogP contribution in [0.5, 0.6) is 0 Å². The summed E-state index contributed by atoms with van der Waals surface area (Å²) in [6.45, 7) is 7.35. The van der Waals surface area contributed by atoms with Crippen LogP contribution in [-0.4, -0.2) is 28.4 Å². The average molecular weight is 270 g/mol. The van der Waals surface area contributed by atoms with Crippen molar-refractivity contribution < 1.29 is 14.3 Å². The number of hydrogen-bond acceptors (Lipinski definition) is 5. The maximum Gasteiger partial charge on any atom is 0.407 e. The molecular weight excluding hydrogens is 252 g/mol. The van der Waals surface area contributed by atoms with Gasteiger partial charge in [-0.25, -0.2) is 4.79 Å². The van der Waals surface area contributed by atoms with E-state index in [1.54, 1.807) is 39.1 Å². The van der Waals surface area contributed by atoms with Gasteiger partial charge in [0.2, 0.25) is 0 Å². The number of carbonyl (C=O) groups is 2. The van der Waals surface area contributed by atoms with E-state index in [2.05, 4.69) is 9.69 Å². The number of Topliss-reactive ketones (excluding diaryl/α,β-unsaturated/α-hetero) is 1. The molecule has 0 aliphatic rings. The van der Waals surface area contributed by atoms with Crippen molar-refractivity contribution in [2.24, 2.45) is 5.92 Å². The van der Waals surface area contributed by atoms with Crippen molar-refractivity contribution in [3.63, 3.8) is 0 Å². The maximum absolute atomic E-state index is 11.9. The van der Waals surface area contributed by atoms with Gasteiger partial charge in [-0.05, 0) is 38.4 Å². The summed E-state index contributed by atoms with van der Waals surface area (Å²) in [6.07, 6.45) is -0.513. The third-order valence-electron chi connectivity index (χ3n) is 2.09. The van der Waals surface area contributed by atoms with Crippen LogP contribution in [-0.2, 0) is 4.74 Å². The highest BCUT2D eigenvalue weighted by atomic mass is 32.1. The first-order valence-corrected chi connectivity index (χ1v) is 6.54. The minimum absolute atomic E-state index is 0.0766. The fourth-order valence-electron chi connectivity index (χ4n) is 1.24. The zero-order chi connectivity index (χ0) is 13.8. The fraction of sp³-hybridized carbons (Fsp3) is 0.583. The Hall–Kier alpha value is -1.43. The van der Waals surface area contributed by atoms with Crippen LogP contribution in [0.2, 0.25) is 0 Å². The molecule has 0 aromatic carbocycles. The Morgan fingerprint density at radius 3 is 2.67 bits per heavy atom. The molecule has 6 heteroatoms. The molecule has 1 aromatic heterocycles. The van der Waals surface area contributed by atoms with Crippen LogP contribution in [0.25, 0.3) is 0 Å². The Morgan fingerprint density at radius 2 is 2.17 bits per heavy atom. The largest absolute Gasteiger partial charge is 0.444 e. The summed E-state index contributed by atoms with van der Waals surface area (Å²) in [6, 6.07) is 1.68. The van der Waals surface area contributed by atoms with Crippen LogP contribution in [0.1, 0.15) is 38.2 Å². The van der Waals surface area contributed by atoms with Crippen molar-refractivity contribution in [1.82, 2.24) is 9.69 Å². The van der Waals surface area contributed by atoms with Crippen LogP contribution >= 0.6 is 11.5 Å². The maximum atomic E-state index is 11.9. The van der Waals surface area contributed by atoms with Gasteiger partial charge in [-0.3, -0.25) is 4.79 Å². The van der Waals surface area contributed by atoms with Crippen molar-refractivity contribution in [1.29, 1.82) is 0 Å². The summed E-state index contributed by atoms with van der Waals surface area (Å²) in [5.74, 6) is -0.396. The molecule has 0 saturated carbocycles. The minimum Gasteiger partial charge on any atom is -0.444 e. The molecule has 0 aliphatic carbocycles. The summed E-state index contributed by atoms with van der Waals surface area (Å²) in [5.41, 5.74) is -0.0924. The zero-order valence-corrected chi connectivity index (χ0v) is 11.8. The number of rotatable bonds is 4. The summed E-state index contributed by atoms with van der Waals surface area (Å²) in [7, 11) is 0. The van der Waals surface area contributed by atoms with E-state index >= 15 is 0 Å². The normalized spacial score (nSPS) is 12.9. The Bertz CT molecular complexity index is 409. The third kappa shape index (κ3) is 4.83. The molecule has 1 heterocycles. The third-order valence-corrected chi connectivity index (χ3v) is 2.65. The Kier molecular flexibility index (Phi) is 4.84. The predicted octanol–water partition coefficient (Wildman–Crippen LogP) is 2.49. The van der Waals surface area contributed by atoms with Crippen LogP contribution in [0.3, 0.4) is 0 Å². The van der Waals surface area contributed by atoms with Gasteiger partial charge in [0, 0.05) is 17.8 Å². The Balaban J connectivity index is 2.40.